The van der Waals surface area contributed by atoms with Crippen LogP contribution in [0.2, 0.25) is 5.02 Å². The van der Waals surface area contributed by atoms with Crippen LogP contribution in [-0.4, -0.2) is 43.1 Å². The lowest BCUT2D eigenvalue weighted by Crippen LogP contribution is -2.28. The average molecular weight is 459 g/mol. The van der Waals surface area contributed by atoms with Crippen molar-refractivity contribution in [2.24, 2.45) is 0 Å². The summed E-state index contributed by atoms with van der Waals surface area (Å²) in [6.45, 7) is 2.95. The molecule has 0 unspecified atom stereocenters. The van der Waals surface area contributed by atoms with Crippen molar-refractivity contribution in [2.75, 3.05) is 25.5 Å². The first-order chi connectivity index (χ1) is 14.9. The Morgan fingerprint density at radius 2 is 1.81 bits per heavy atom. The molecule has 1 saturated heterocycles. The van der Waals surface area contributed by atoms with E-state index in [-0.39, 0.29) is 0 Å². The maximum Gasteiger partial charge on any atom is 0.243 e. The van der Waals surface area contributed by atoms with Crippen LogP contribution < -0.4 is 10.1 Å². The summed E-state index contributed by atoms with van der Waals surface area (Å²) >= 11 is 6.07. The van der Waals surface area contributed by atoms with Gasteiger partial charge in [0.1, 0.15) is 5.75 Å². The van der Waals surface area contributed by atoms with Gasteiger partial charge in [-0.15, -0.1) is 10.2 Å². The van der Waals surface area contributed by atoms with Crippen molar-refractivity contribution >= 4 is 33.1 Å². The fraction of sp³-hybridized carbons (Fsp3) is 0.273. The SMILES string of the molecule is COc1ccc(Cl)cc1Nc1ccc(-c2ccc(C)c(S(=O)(=O)N3CCCC3)c2)nn1. The number of benzene rings is 2. The Labute approximate surface area is 187 Å². The van der Waals surface area contributed by atoms with Crippen LogP contribution in [0.4, 0.5) is 11.5 Å². The van der Waals surface area contributed by atoms with E-state index in [1.54, 1.807) is 47.8 Å². The maximum absolute atomic E-state index is 13.0. The van der Waals surface area contributed by atoms with Crippen LogP contribution in [0.5, 0.6) is 5.75 Å². The molecule has 2 heterocycles. The van der Waals surface area contributed by atoms with Crippen LogP contribution in [-0.2, 0) is 10.0 Å². The Bertz CT molecular complexity index is 1190. The fourth-order valence-electron chi connectivity index (χ4n) is 3.57. The summed E-state index contributed by atoms with van der Waals surface area (Å²) < 4.78 is 33.0. The summed E-state index contributed by atoms with van der Waals surface area (Å²) in [5, 5.41) is 12.2. The second-order valence-electron chi connectivity index (χ2n) is 7.36. The molecule has 7 nitrogen and oxygen atoms in total. The Kier molecular flexibility index (Phi) is 6.13. The number of nitrogens with one attached hydrogen (secondary N) is 1. The monoisotopic (exact) mass is 458 g/mol. The van der Waals surface area contributed by atoms with Crippen LogP contribution in [0.25, 0.3) is 11.3 Å². The fourth-order valence-corrected chi connectivity index (χ4v) is 5.51. The van der Waals surface area contributed by atoms with Gasteiger partial charge in [0.15, 0.2) is 5.82 Å². The van der Waals surface area contributed by atoms with Gasteiger partial charge >= 0.3 is 0 Å². The van der Waals surface area contributed by atoms with Gasteiger partial charge in [0.05, 0.1) is 23.4 Å². The molecule has 3 aromatic rings. The van der Waals surface area contributed by atoms with E-state index in [0.717, 1.165) is 18.4 Å². The number of aromatic nitrogens is 2. The molecule has 2 aromatic carbocycles. The zero-order valence-corrected chi connectivity index (χ0v) is 18.9. The van der Waals surface area contributed by atoms with Crippen molar-refractivity contribution in [1.29, 1.82) is 0 Å². The molecule has 0 atom stereocenters. The number of hydrogen-bond donors (Lipinski definition) is 1. The molecule has 0 aliphatic carbocycles. The Balaban J connectivity index is 1.61. The number of nitrogens with zero attached hydrogens (tertiary/aromatic N) is 3. The summed E-state index contributed by atoms with van der Waals surface area (Å²) in [7, 11) is -1.94. The van der Waals surface area contributed by atoms with Gasteiger partial charge in [-0.25, -0.2) is 8.42 Å². The van der Waals surface area contributed by atoms with Gasteiger partial charge in [-0.05, 0) is 61.7 Å². The highest BCUT2D eigenvalue weighted by molar-refractivity contribution is 7.89. The van der Waals surface area contributed by atoms with Crippen LogP contribution >= 0.6 is 11.6 Å². The number of hydrogen-bond acceptors (Lipinski definition) is 6. The molecule has 4 rings (SSSR count). The number of sulfonamides is 1. The van der Waals surface area contributed by atoms with Crippen molar-refractivity contribution in [1.82, 2.24) is 14.5 Å². The third-order valence-electron chi connectivity index (χ3n) is 5.26. The quantitative estimate of drug-likeness (QED) is 0.579. The predicted molar refractivity (Wildman–Crippen MR) is 121 cm³/mol. The minimum Gasteiger partial charge on any atom is -0.495 e. The second kappa shape index (κ2) is 8.82. The number of rotatable bonds is 6. The van der Waals surface area contributed by atoms with E-state index < -0.39 is 10.0 Å². The highest BCUT2D eigenvalue weighted by Gasteiger charge is 2.28. The first-order valence-corrected chi connectivity index (χ1v) is 11.8. The summed E-state index contributed by atoms with van der Waals surface area (Å²) in [5.41, 5.74) is 2.67. The molecule has 0 bridgehead atoms. The molecule has 1 aromatic heterocycles. The van der Waals surface area contributed by atoms with Crippen molar-refractivity contribution in [3.63, 3.8) is 0 Å². The zero-order valence-electron chi connectivity index (χ0n) is 17.3. The van der Waals surface area contributed by atoms with Crippen molar-refractivity contribution < 1.29 is 13.2 Å². The standard InChI is InChI=1S/C22H23ClN4O3S/c1-15-5-6-16(13-21(15)31(28,29)27-11-3-4-12-27)18-8-10-22(26-25-18)24-19-14-17(23)7-9-20(19)30-2/h5-10,13-14H,3-4,11-12H2,1-2H3,(H,24,26). The third kappa shape index (κ3) is 4.51. The highest BCUT2D eigenvalue weighted by atomic mass is 35.5. The van der Waals surface area contributed by atoms with E-state index in [1.807, 2.05) is 19.1 Å². The number of ether oxygens (including phenoxy) is 1. The molecule has 0 amide bonds. The minimum atomic E-state index is -3.51. The number of methoxy groups -OCH3 is 1. The molecule has 0 saturated carbocycles. The van der Waals surface area contributed by atoms with Gasteiger partial charge in [-0.1, -0.05) is 23.7 Å². The molecule has 1 aliphatic heterocycles. The predicted octanol–water partition coefficient (Wildman–Crippen LogP) is 4.64. The highest BCUT2D eigenvalue weighted by Crippen LogP contribution is 2.31. The Morgan fingerprint density at radius 3 is 2.48 bits per heavy atom. The number of anilines is 2. The lowest BCUT2D eigenvalue weighted by Gasteiger charge is -2.18. The van der Waals surface area contributed by atoms with Crippen LogP contribution in [0.15, 0.2) is 53.4 Å². The molecule has 1 N–H and O–H groups in total. The second-order valence-corrected chi connectivity index (χ2v) is 9.71. The molecule has 0 radical (unpaired) electrons. The lowest BCUT2D eigenvalue weighted by atomic mass is 10.1. The van der Waals surface area contributed by atoms with E-state index >= 15 is 0 Å². The molecular formula is C22H23ClN4O3S. The van der Waals surface area contributed by atoms with E-state index in [2.05, 4.69) is 15.5 Å². The van der Waals surface area contributed by atoms with Gasteiger partial charge in [-0.2, -0.15) is 4.31 Å². The van der Waals surface area contributed by atoms with Gasteiger partial charge in [0.25, 0.3) is 0 Å². The lowest BCUT2D eigenvalue weighted by molar-refractivity contribution is 0.417. The molecular weight excluding hydrogens is 436 g/mol. The van der Waals surface area contributed by atoms with Crippen molar-refractivity contribution in [3.8, 4) is 17.0 Å². The van der Waals surface area contributed by atoms with Gasteiger partial charge in [0.2, 0.25) is 10.0 Å². The van der Waals surface area contributed by atoms with Gasteiger partial charge in [0, 0.05) is 23.7 Å². The summed E-state index contributed by atoms with van der Waals surface area (Å²) in [6.07, 6.45) is 1.80. The van der Waals surface area contributed by atoms with Crippen LogP contribution in [0.3, 0.4) is 0 Å². The Morgan fingerprint density at radius 1 is 1.03 bits per heavy atom. The Hall–Kier alpha value is -2.68. The van der Waals surface area contributed by atoms with E-state index in [9.17, 15) is 8.42 Å². The first-order valence-electron chi connectivity index (χ1n) is 9.94. The largest absolute Gasteiger partial charge is 0.495 e. The third-order valence-corrected chi connectivity index (χ3v) is 7.53. The molecule has 9 heteroatoms. The van der Waals surface area contributed by atoms with Crippen molar-refractivity contribution in [2.45, 2.75) is 24.7 Å². The maximum atomic E-state index is 13.0. The summed E-state index contributed by atoms with van der Waals surface area (Å²) in [5.74, 6) is 1.15. The minimum absolute atomic E-state index is 0.319. The van der Waals surface area contributed by atoms with E-state index in [0.29, 0.717) is 51.5 Å². The molecule has 162 valence electrons. The molecule has 31 heavy (non-hydrogen) atoms. The van der Waals surface area contributed by atoms with Gasteiger partial charge < -0.3 is 10.1 Å². The molecule has 1 fully saturated rings. The molecule has 1 aliphatic rings. The van der Waals surface area contributed by atoms with E-state index in [1.165, 1.54) is 0 Å². The van der Waals surface area contributed by atoms with Crippen molar-refractivity contribution in [3.05, 3.63) is 59.1 Å². The zero-order chi connectivity index (χ0) is 22.0. The number of halogens is 1. The van der Waals surface area contributed by atoms with Gasteiger partial charge in [-0.3, -0.25) is 0 Å². The van der Waals surface area contributed by atoms with Crippen LogP contribution in [0, 0.1) is 6.92 Å². The normalized spacial score (nSPS) is 14.5. The smallest absolute Gasteiger partial charge is 0.243 e. The van der Waals surface area contributed by atoms with E-state index in [4.69, 9.17) is 16.3 Å². The topological polar surface area (TPSA) is 84.4 Å². The first kappa shape index (κ1) is 21.5. The van der Waals surface area contributed by atoms with Crippen LogP contribution in [0.1, 0.15) is 18.4 Å². The molecule has 0 spiro atoms. The summed E-state index contributed by atoms with van der Waals surface area (Å²) in [4.78, 5) is 0.319. The number of aryl methyl sites for hydroxylation is 1. The average Bonchev–Trinajstić information content (AvgIpc) is 3.31. The summed E-state index contributed by atoms with van der Waals surface area (Å²) in [6, 6.07) is 14.2.